The monoisotopic (exact) mass is 379 g/mol. The molecule has 0 bridgehead atoms. The van der Waals surface area contributed by atoms with Crippen LogP contribution >= 0.6 is 0 Å². The van der Waals surface area contributed by atoms with Gasteiger partial charge in [-0.2, -0.15) is 0 Å². The summed E-state index contributed by atoms with van der Waals surface area (Å²) >= 11 is 0. The van der Waals surface area contributed by atoms with E-state index in [0.717, 1.165) is 0 Å². The Morgan fingerprint density at radius 1 is 0.955 bits per heavy atom. The van der Waals surface area contributed by atoms with Gasteiger partial charge in [0, 0.05) is 33.4 Å². The van der Waals surface area contributed by atoms with Gasteiger partial charge in [-0.05, 0) is 43.7 Å². The Morgan fingerprint density at radius 3 is 1.77 bits per heavy atom. The summed E-state index contributed by atoms with van der Waals surface area (Å²) in [5.41, 5.74) is 6.99. The third-order valence-electron chi connectivity index (χ3n) is 2.72. The maximum atomic E-state index is 10.9. The number of nitrogens with zero attached hydrogens (tertiary/aromatic N) is 1. The fourth-order valence-electron chi connectivity index (χ4n) is 1.83. The normalized spacial score (nSPS) is 17.5. The van der Waals surface area contributed by atoms with Crippen molar-refractivity contribution in [1.82, 2.24) is 0 Å². The molecule has 0 heterocycles. The van der Waals surface area contributed by atoms with Gasteiger partial charge >= 0.3 is 11.3 Å². The Morgan fingerprint density at radius 2 is 1.41 bits per heavy atom. The van der Waals surface area contributed by atoms with Gasteiger partial charge in [0.15, 0.2) is 5.78 Å². The minimum Gasteiger partial charge on any atom is -0.577 e. The van der Waals surface area contributed by atoms with Gasteiger partial charge in [0.1, 0.15) is 0 Å². The van der Waals surface area contributed by atoms with E-state index in [1.807, 2.05) is 56.4 Å². The van der Waals surface area contributed by atoms with E-state index in [0.29, 0.717) is 12.3 Å². The maximum absolute atomic E-state index is 10.9. The Bertz CT molecular complexity index is 434. The van der Waals surface area contributed by atoms with Crippen LogP contribution in [0.25, 0.3) is 5.59 Å². The van der Waals surface area contributed by atoms with Crippen LogP contribution in [0, 0.1) is 43.7 Å². The second-order valence-corrected chi connectivity index (χ2v) is 4.01. The van der Waals surface area contributed by atoms with Crippen molar-refractivity contribution in [3.05, 3.63) is 97.3 Å². The number of hydrogen-bond donors (Lipinski definition) is 0. The standard InChI is InChI=1S/C11H10O.C5H5.CO.Mo.NO/c12-11-7-6-10(8-11)9-4-2-1-3-5-9;1-2-4-5-3-1;1-2;;1-2/h1-7,10H,8H2;1-5H;;;/q;;;;-1. The van der Waals surface area contributed by atoms with Crippen molar-refractivity contribution in [2.75, 3.05) is 0 Å². The SMILES string of the molecule is O=C1C=CC(c2ccccc2)C1.[C-]#[O+].[CH]1[CH][CH][CH][CH]1.[Mo].[N-]=O. The summed E-state index contributed by atoms with van der Waals surface area (Å²) in [7, 11) is 0. The summed E-state index contributed by atoms with van der Waals surface area (Å²) in [5.74, 6) is 0.558. The number of nitroso groups, excluding NO2 is 1. The molecule has 0 spiro atoms. The number of hydrogen-bond acceptors (Lipinski definition) is 2. The smallest absolute Gasteiger partial charge is 0 e. The van der Waals surface area contributed by atoms with E-state index in [4.69, 9.17) is 15.2 Å². The van der Waals surface area contributed by atoms with Crippen LogP contribution in [0.3, 0.4) is 0 Å². The first-order valence-electron chi connectivity index (χ1n) is 6.17. The van der Waals surface area contributed by atoms with Crippen molar-refractivity contribution in [2.45, 2.75) is 12.3 Å². The van der Waals surface area contributed by atoms with Gasteiger partial charge in [-0.3, -0.25) is 4.79 Å². The molecular weight excluding hydrogens is 362 g/mol. The summed E-state index contributed by atoms with van der Waals surface area (Å²) in [4.78, 5) is 18.2. The molecule has 1 saturated carbocycles. The largest absolute Gasteiger partial charge is 0.577 e. The molecule has 22 heavy (non-hydrogen) atoms. The first kappa shape index (κ1) is 22.9. The molecule has 5 radical (unpaired) electrons. The van der Waals surface area contributed by atoms with Gasteiger partial charge in [0.2, 0.25) is 0 Å². The van der Waals surface area contributed by atoms with E-state index >= 15 is 0 Å². The van der Waals surface area contributed by atoms with Gasteiger partial charge in [0.05, 0.1) is 0 Å². The van der Waals surface area contributed by atoms with E-state index in [2.05, 4.69) is 18.8 Å². The fourth-order valence-corrected chi connectivity index (χ4v) is 1.83. The Labute approximate surface area is 146 Å². The quantitative estimate of drug-likeness (QED) is 0.426. The summed E-state index contributed by atoms with van der Waals surface area (Å²) in [5, 5.41) is 0. The average Bonchev–Trinajstić information content (AvgIpc) is 3.27. The molecule has 1 unspecified atom stereocenters. The zero-order valence-electron chi connectivity index (χ0n) is 11.8. The number of benzene rings is 1. The molecule has 0 amide bonds. The summed E-state index contributed by atoms with van der Waals surface area (Å²) in [6.45, 7) is 4.50. The molecule has 2 aliphatic carbocycles. The summed E-state index contributed by atoms with van der Waals surface area (Å²) in [6, 6.07) is 10.1. The van der Waals surface area contributed by atoms with Crippen LogP contribution in [0.1, 0.15) is 17.9 Å². The summed E-state index contributed by atoms with van der Waals surface area (Å²) < 4.78 is 7.50. The Kier molecular flexibility index (Phi) is 16.7. The van der Waals surface area contributed by atoms with E-state index in [1.54, 1.807) is 6.08 Å². The zero-order valence-corrected chi connectivity index (χ0v) is 13.8. The van der Waals surface area contributed by atoms with Crippen LogP contribution in [0.4, 0.5) is 0 Å². The number of rotatable bonds is 1. The minimum absolute atomic E-state index is 0. The molecule has 0 aromatic heterocycles. The predicted molar refractivity (Wildman–Crippen MR) is 80.1 cm³/mol. The average molecular weight is 377 g/mol. The molecule has 3 rings (SSSR count). The molecule has 0 saturated heterocycles. The van der Waals surface area contributed by atoms with Crippen molar-refractivity contribution >= 4 is 5.78 Å². The van der Waals surface area contributed by atoms with Gasteiger partial charge in [-0.25, -0.2) is 0 Å². The maximum Gasteiger partial charge on any atom is 0 e. The van der Waals surface area contributed by atoms with Crippen molar-refractivity contribution in [1.29, 1.82) is 0 Å². The van der Waals surface area contributed by atoms with Crippen LogP contribution in [0.2, 0.25) is 0 Å². The third kappa shape index (κ3) is 9.57. The molecule has 0 N–H and O–H groups in total. The Hall–Kier alpha value is -1.34. The van der Waals surface area contributed by atoms with Crippen LogP contribution < -0.4 is 0 Å². The molecule has 1 aromatic rings. The second-order valence-electron chi connectivity index (χ2n) is 4.01. The molecule has 5 heteroatoms. The van der Waals surface area contributed by atoms with Crippen molar-refractivity contribution < 1.29 is 30.5 Å². The molecule has 1 aromatic carbocycles. The molecule has 2 aliphatic rings. The minimum atomic E-state index is 0. The molecule has 1 fully saturated rings. The Balaban J connectivity index is 0. The van der Waals surface area contributed by atoms with Crippen molar-refractivity contribution in [3.8, 4) is 0 Å². The topological polar surface area (TPSA) is 76.3 Å². The second kappa shape index (κ2) is 16.0. The van der Waals surface area contributed by atoms with E-state index < -0.39 is 0 Å². The van der Waals surface area contributed by atoms with Gasteiger partial charge in [-0.15, -0.1) is 0 Å². The zero-order chi connectivity index (χ0) is 15.9. The predicted octanol–water partition coefficient (Wildman–Crippen LogP) is 3.60. The molecule has 1 atom stereocenters. The van der Waals surface area contributed by atoms with Gasteiger partial charge < -0.3 is 10.5 Å². The molecule has 4 nitrogen and oxygen atoms in total. The molecular formula is C17H15MoNO3-. The van der Waals surface area contributed by atoms with E-state index in [1.165, 1.54) is 5.56 Å². The van der Waals surface area contributed by atoms with E-state index in [9.17, 15) is 4.79 Å². The first-order valence-corrected chi connectivity index (χ1v) is 6.17. The number of ketones is 1. The van der Waals surface area contributed by atoms with E-state index in [-0.39, 0.29) is 26.8 Å². The number of carbonyl (C=O) groups excluding carboxylic acids is 1. The van der Waals surface area contributed by atoms with Gasteiger partial charge in [0.25, 0.3) is 0 Å². The number of allylic oxidation sites excluding steroid dienone is 2. The first-order chi connectivity index (χ1) is 10.4. The number of carbonyl (C=O) groups is 1. The van der Waals surface area contributed by atoms with Crippen LogP contribution in [-0.4, -0.2) is 5.78 Å². The van der Waals surface area contributed by atoms with Crippen molar-refractivity contribution in [3.63, 3.8) is 0 Å². The van der Waals surface area contributed by atoms with Crippen LogP contribution in [0.5, 0.6) is 0 Å². The molecule has 113 valence electrons. The van der Waals surface area contributed by atoms with Crippen molar-refractivity contribution in [2.24, 2.45) is 0 Å². The third-order valence-corrected chi connectivity index (χ3v) is 2.72. The van der Waals surface area contributed by atoms with Crippen LogP contribution in [-0.2, 0) is 30.5 Å². The molecule has 0 aliphatic heterocycles. The summed E-state index contributed by atoms with van der Waals surface area (Å²) in [6.07, 6.45) is 14.3. The fraction of sp³-hybridized carbons (Fsp3) is 0.118. The van der Waals surface area contributed by atoms with Crippen LogP contribution in [0.15, 0.2) is 42.5 Å². The van der Waals surface area contributed by atoms with Gasteiger partial charge in [-0.1, -0.05) is 36.4 Å².